The number of non-ortho nitro benzene ring substituents is 1. The molecule has 0 saturated carbocycles. The number of hydrogen-bond acceptors (Lipinski definition) is 7. The lowest BCUT2D eigenvalue weighted by molar-refractivity contribution is -0.384. The Hall–Kier alpha value is -3.79. The molecule has 0 saturated heterocycles. The van der Waals surface area contributed by atoms with Gasteiger partial charge in [-0.25, -0.2) is 8.42 Å². The third-order valence-corrected chi connectivity index (χ3v) is 7.06. The van der Waals surface area contributed by atoms with E-state index in [2.05, 4.69) is 0 Å². The minimum atomic E-state index is -4.15. The average molecular weight is 473 g/mol. The fraction of sp³-hybridized carbons (Fsp3) is 0.217. The number of anilines is 1. The number of sulfonamides is 1. The van der Waals surface area contributed by atoms with E-state index in [-0.39, 0.29) is 10.6 Å². The number of nitrogens with zero attached hydrogens (tertiary/aromatic N) is 2. The van der Waals surface area contributed by atoms with Crippen LogP contribution in [0.2, 0.25) is 0 Å². The van der Waals surface area contributed by atoms with Crippen molar-refractivity contribution in [2.45, 2.75) is 17.9 Å². The van der Waals surface area contributed by atoms with E-state index in [1.54, 1.807) is 49.4 Å². The predicted molar refractivity (Wildman–Crippen MR) is 124 cm³/mol. The summed E-state index contributed by atoms with van der Waals surface area (Å²) in [6, 6.07) is 15.8. The monoisotopic (exact) mass is 472 g/mol. The van der Waals surface area contributed by atoms with Crippen LogP contribution >= 0.6 is 0 Å². The van der Waals surface area contributed by atoms with Crippen molar-refractivity contribution >= 4 is 21.4 Å². The van der Waals surface area contributed by atoms with E-state index in [0.717, 1.165) is 12.1 Å². The molecule has 3 aromatic carbocycles. The molecular weight excluding hydrogens is 448 g/mol. The lowest BCUT2D eigenvalue weighted by atomic mass is 10.1. The summed E-state index contributed by atoms with van der Waals surface area (Å²) in [6.45, 7) is 1.72. The third kappa shape index (κ3) is 4.85. The summed E-state index contributed by atoms with van der Waals surface area (Å²) >= 11 is 0. The summed E-state index contributed by atoms with van der Waals surface area (Å²) < 4.78 is 45.0. The summed E-state index contributed by atoms with van der Waals surface area (Å²) in [6.07, 6.45) is 0. The van der Waals surface area contributed by atoms with Gasteiger partial charge in [-0.2, -0.15) is 0 Å². The molecule has 0 spiro atoms. The summed E-state index contributed by atoms with van der Waals surface area (Å²) in [5.41, 5.74) is 0.722. The van der Waals surface area contributed by atoms with Crippen LogP contribution in [0.1, 0.15) is 18.5 Å². The van der Waals surface area contributed by atoms with Crippen molar-refractivity contribution in [3.63, 3.8) is 0 Å². The highest BCUT2D eigenvalue weighted by atomic mass is 32.2. The Morgan fingerprint density at radius 1 is 0.879 bits per heavy atom. The molecule has 0 aliphatic carbocycles. The van der Waals surface area contributed by atoms with E-state index < -0.39 is 21.0 Å². The van der Waals surface area contributed by atoms with Gasteiger partial charge in [0.1, 0.15) is 17.2 Å². The molecule has 0 fully saturated rings. The molecule has 0 N–H and O–H groups in total. The number of ether oxygens (including phenoxy) is 3. The van der Waals surface area contributed by atoms with E-state index in [9.17, 15) is 18.5 Å². The van der Waals surface area contributed by atoms with Crippen molar-refractivity contribution in [3.8, 4) is 17.2 Å². The van der Waals surface area contributed by atoms with Gasteiger partial charge in [0.15, 0.2) is 0 Å². The highest BCUT2D eigenvalue weighted by Gasteiger charge is 2.32. The normalized spacial score (nSPS) is 12.0. The van der Waals surface area contributed by atoms with Gasteiger partial charge in [0.05, 0.1) is 42.9 Å². The minimum absolute atomic E-state index is 0.0929. The second-order valence-corrected chi connectivity index (χ2v) is 8.85. The van der Waals surface area contributed by atoms with Crippen LogP contribution in [0, 0.1) is 10.1 Å². The molecule has 0 heterocycles. The van der Waals surface area contributed by atoms with Gasteiger partial charge in [0.25, 0.3) is 15.7 Å². The Balaban J connectivity index is 2.21. The standard InChI is InChI=1S/C23H24N2O7S/c1-16(22-15-20(31-3)10-13-23(22)32-4)24(18-6-5-7-19(14-18)30-2)33(28,29)21-11-8-17(9-12-21)25(26)27/h5-16H,1-4H3/t16-/m1/s1. The van der Waals surface area contributed by atoms with Crippen LogP contribution in [0.15, 0.2) is 71.6 Å². The van der Waals surface area contributed by atoms with Crippen LogP contribution in [-0.4, -0.2) is 34.7 Å². The molecule has 0 aromatic heterocycles. The van der Waals surface area contributed by atoms with Gasteiger partial charge in [-0.05, 0) is 49.4 Å². The van der Waals surface area contributed by atoms with Crippen LogP contribution < -0.4 is 18.5 Å². The number of hydrogen-bond donors (Lipinski definition) is 0. The zero-order valence-electron chi connectivity index (χ0n) is 18.6. The van der Waals surface area contributed by atoms with Gasteiger partial charge in [-0.3, -0.25) is 14.4 Å². The molecule has 33 heavy (non-hydrogen) atoms. The second-order valence-electron chi connectivity index (χ2n) is 7.04. The minimum Gasteiger partial charge on any atom is -0.497 e. The Morgan fingerprint density at radius 3 is 2.09 bits per heavy atom. The van der Waals surface area contributed by atoms with Gasteiger partial charge in [-0.1, -0.05) is 6.07 Å². The molecular formula is C23H24N2O7S. The molecule has 0 unspecified atom stereocenters. The fourth-order valence-corrected chi connectivity index (χ4v) is 5.09. The second kappa shape index (κ2) is 9.78. The van der Waals surface area contributed by atoms with Crippen molar-refractivity contribution in [1.82, 2.24) is 0 Å². The Labute approximate surface area is 192 Å². The van der Waals surface area contributed by atoms with Gasteiger partial charge < -0.3 is 14.2 Å². The van der Waals surface area contributed by atoms with Crippen LogP contribution in [0.3, 0.4) is 0 Å². The number of benzene rings is 3. The Bertz CT molecular complexity index is 1240. The summed E-state index contributed by atoms with van der Waals surface area (Å²) in [5, 5.41) is 11.0. The van der Waals surface area contributed by atoms with Crippen molar-refractivity contribution in [2.24, 2.45) is 0 Å². The molecule has 0 aliphatic rings. The smallest absolute Gasteiger partial charge is 0.269 e. The van der Waals surface area contributed by atoms with Crippen molar-refractivity contribution in [3.05, 3.63) is 82.4 Å². The first-order valence-corrected chi connectivity index (χ1v) is 11.3. The quantitative estimate of drug-likeness (QED) is 0.331. The molecule has 3 aromatic rings. The molecule has 0 bridgehead atoms. The van der Waals surface area contributed by atoms with E-state index in [4.69, 9.17) is 14.2 Å². The predicted octanol–water partition coefficient (Wildman–Crippen LogP) is 4.58. The van der Waals surface area contributed by atoms with Gasteiger partial charge >= 0.3 is 0 Å². The van der Waals surface area contributed by atoms with E-state index >= 15 is 0 Å². The molecule has 3 rings (SSSR count). The molecule has 10 heteroatoms. The highest BCUT2D eigenvalue weighted by Crippen LogP contribution is 2.39. The molecule has 0 aliphatic heterocycles. The first-order chi connectivity index (χ1) is 15.7. The van der Waals surface area contributed by atoms with Crippen LogP contribution in [0.4, 0.5) is 11.4 Å². The molecule has 0 amide bonds. The number of nitro groups is 1. The first kappa shape index (κ1) is 23.9. The summed E-state index contributed by atoms with van der Waals surface area (Å²) in [4.78, 5) is 10.3. The van der Waals surface area contributed by atoms with Crippen LogP contribution in [-0.2, 0) is 10.0 Å². The molecule has 174 valence electrons. The maximum atomic E-state index is 13.8. The fourth-order valence-electron chi connectivity index (χ4n) is 3.46. The maximum Gasteiger partial charge on any atom is 0.269 e. The first-order valence-electron chi connectivity index (χ1n) is 9.87. The zero-order chi connectivity index (χ0) is 24.2. The number of methoxy groups -OCH3 is 3. The van der Waals surface area contributed by atoms with Crippen molar-refractivity contribution in [2.75, 3.05) is 25.6 Å². The molecule has 0 radical (unpaired) electrons. The average Bonchev–Trinajstić information content (AvgIpc) is 2.83. The van der Waals surface area contributed by atoms with Gasteiger partial charge in [0.2, 0.25) is 0 Å². The third-order valence-electron chi connectivity index (χ3n) is 5.15. The van der Waals surface area contributed by atoms with Gasteiger partial charge in [0, 0.05) is 23.8 Å². The molecule has 9 nitrogen and oxygen atoms in total. The SMILES string of the molecule is COc1cccc(N([C@H](C)c2cc(OC)ccc2OC)S(=O)(=O)c2ccc([N+](=O)[O-])cc2)c1. The lowest BCUT2D eigenvalue weighted by Gasteiger charge is -2.32. The van der Waals surface area contributed by atoms with E-state index in [1.807, 2.05) is 0 Å². The maximum absolute atomic E-state index is 13.8. The molecule has 1 atom stereocenters. The van der Waals surface area contributed by atoms with Crippen LogP contribution in [0.5, 0.6) is 17.2 Å². The topological polar surface area (TPSA) is 108 Å². The number of nitro benzene ring substituents is 1. The van der Waals surface area contributed by atoms with Crippen molar-refractivity contribution < 1.29 is 27.6 Å². The van der Waals surface area contributed by atoms with E-state index in [1.165, 1.54) is 37.8 Å². The van der Waals surface area contributed by atoms with Crippen LogP contribution in [0.25, 0.3) is 0 Å². The number of rotatable bonds is 9. The summed E-state index contributed by atoms with van der Waals surface area (Å²) in [7, 11) is 0.351. The lowest BCUT2D eigenvalue weighted by Crippen LogP contribution is -2.34. The largest absolute Gasteiger partial charge is 0.497 e. The highest BCUT2D eigenvalue weighted by molar-refractivity contribution is 7.92. The zero-order valence-corrected chi connectivity index (χ0v) is 19.4. The van der Waals surface area contributed by atoms with Crippen molar-refractivity contribution in [1.29, 1.82) is 0 Å². The van der Waals surface area contributed by atoms with Gasteiger partial charge in [-0.15, -0.1) is 0 Å². The van der Waals surface area contributed by atoms with E-state index in [0.29, 0.717) is 28.5 Å². The summed E-state index contributed by atoms with van der Waals surface area (Å²) in [5.74, 6) is 1.49. The Kier molecular flexibility index (Phi) is 7.07. The Morgan fingerprint density at radius 2 is 1.52 bits per heavy atom.